The summed E-state index contributed by atoms with van der Waals surface area (Å²) in [6.45, 7) is 12.0. The average Bonchev–Trinajstić information content (AvgIpc) is 1.87. The summed E-state index contributed by atoms with van der Waals surface area (Å²) in [5.41, 5.74) is 2.26. The van der Waals surface area contributed by atoms with Crippen LogP contribution in [0, 0.1) is 5.92 Å². The van der Waals surface area contributed by atoms with E-state index in [2.05, 4.69) is 25.4 Å². The minimum Gasteiger partial charge on any atom is -0.266 e. The van der Waals surface area contributed by atoms with Crippen molar-refractivity contribution in [2.45, 2.75) is 27.7 Å². The van der Waals surface area contributed by atoms with Crippen LogP contribution >= 0.6 is 0 Å². The molecule has 1 nitrogen and oxygen atoms in total. The number of hydrogen-bond donors (Lipinski definition) is 0. The molecule has 0 bridgehead atoms. The summed E-state index contributed by atoms with van der Waals surface area (Å²) in [7, 11) is 0. The highest BCUT2D eigenvalue weighted by atomic mass is 14.7. The molecule has 0 saturated heterocycles. The van der Waals surface area contributed by atoms with E-state index in [4.69, 9.17) is 0 Å². The van der Waals surface area contributed by atoms with Gasteiger partial charge in [-0.15, -0.1) is 0 Å². The maximum atomic E-state index is 4.20. The van der Waals surface area contributed by atoms with E-state index in [1.54, 1.807) is 0 Å². The molecule has 0 aromatic carbocycles. The van der Waals surface area contributed by atoms with Crippen LogP contribution in [0.2, 0.25) is 0 Å². The third-order valence-electron chi connectivity index (χ3n) is 1.37. The van der Waals surface area contributed by atoms with Crippen molar-refractivity contribution in [1.82, 2.24) is 0 Å². The molecule has 0 aliphatic rings. The van der Waals surface area contributed by atoms with Crippen LogP contribution in [0.1, 0.15) is 27.7 Å². The predicted octanol–water partition coefficient (Wildman–Crippen LogP) is 3.19. The molecule has 11 heavy (non-hydrogen) atoms. The number of hydrogen-bond acceptors (Lipinski definition) is 1. The van der Waals surface area contributed by atoms with E-state index in [0.29, 0.717) is 5.92 Å². The Labute approximate surface area is 69.5 Å². The Morgan fingerprint density at radius 1 is 1.36 bits per heavy atom. The van der Waals surface area contributed by atoms with E-state index >= 15 is 0 Å². The lowest BCUT2D eigenvalue weighted by Crippen LogP contribution is -1.89. The molecule has 0 aromatic heterocycles. The van der Waals surface area contributed by atoms with E-state index in [1.165, 1.54) is 5.57 Å². The average molecular weight is 151 g/mol. The van der Waals surface area contributed by atoms with Crippen LogP contribution in [0.3, 0.4) is 0 Å². The molecule has 0 aliphatic heterocycles. The topological polar surface area (TPSA) is 12.4 Å². The Bertz CT molecular complexity index is 181. The Morgan fingerprint density at radius 3 is 2.18 bits per heavy atom. The lowest BCUT2D eigenvalue weighted by Gasteiger charge is -2.02. The molecule has 0 heterocycles. The lowest BCUT2D eigenvalue weighted by molar-refractivity contribution is 0.789. The molecule has 0 unspecified atom stereocenters. The van der Waals surface area contributed by atoms with Crippen LogP contribution < -0.4 is 0 Å². The second-order valence-electron chi connectivity index (χ2n) is 3.06. The molecule has 1 heteroatoms. The van der Waals surface area contributed by atoms with Crippen molar-refractivity contribution in [2.24, 2.45) is 10.9 Å². The fourth-order valence-corrected chi connectivity index (χ4v) is 0.641. The minimum absolute atomic E-state index is 0.510. The SMILES string of the molecule is C=CC(=CN=C(C)C)C(C)C. The quantitative estimate of drug-likeness (QED) is 0.434. The number of rotatable bonds is 3. The molecule has 62 valence electrons. The van der Waals surface area contributed by atoms with Gasteiger partial charge in [-0.3, -0.25) is 4.99 Å². The summed E-state index contributed by atoms with van der Waals surface area (Å²) >= 11 is 0. The first kappa shape index (κ1) is 10.2. The normalized spacial score (nSPS) is 11.5. The number of aliphatic imine (C=N–C) groups is 1. The summed E-state index contributed by atoms with van der Waals surface area (Å²) in [4.78, 5) is 4.20. The van der Waals surface area contributed by atoms with Crippen LogP contribution in [0.4, 0.5) is 0 Å². The van der Waals surface area contributed by atoms with Gasteiger partial charge in [-0.05, 0) is 25.3 Å². The molecule has 0 atom stereocenters. The van der Waals surface area contributed by atoms with E-state index in [0.717, 1.165) is 5.71 Å². The predicted molar refractivity (Wildman–Crippen MR) is 51.9 cm³/mol. The van der Waals surface area contributed by atoms with Crippen molar-refractivity contribution in [3.63, 3.8) is 0 Å². The zero-order valence-corrected chi connectivity index (χ0v) is 7.89. The molecule has 0 saturated carbocycles. The molecular weight excluding hydrogens is 134 g/mol. The highest BCUT2D eigenvalue weighted by molar-refractivity contribution is 5.79. The van der Waals surface area contributed by atoms with Gasteiger partial charge in [0.05, 0.1) is 0 Å². The second kappa shape index (κ2) is 4.89. The molecule has 0 fully saturated rings. The summed E-state index contributed by atoms with van der Waals surface area (Å²) in [5, 5.41) is 0. The van der Waals surface area contributed by atoms with E-state index in [1.807, 2.05) is 26.1 Å². The van der Waals surface area contributed by atoms with E-state index in [-0.39, 0.29) is 0 Å². The van der Waals surface area contributed by atoms with Gasteiger partial charge in [0.25, 0.3) is 0 Å². The highest BCUT2D eigenvalue weighted by Gasteiger charge is 1.95. The smallest absolute Gasteiger partial charge is 0.0301 e. The summed E-state index contributed by atoms with van der Waals surface area (Å²) < 4.78 is 0. The largest absolute Gasteiger partial charge is 0.266 e. The van der Waals surface area contributed by atoms with Gasteiger partial charge >= 0.3 is 0 Å². The molecule has 0 aliphatic carbocycles. The molecule has 0 rings (SSSR count). The van der Waals surface area contributed by atoms with Crippen molar-refractivity contribution in [1.29, 1.82) is 0 Å². The van der Waals surface area contributed by atoms with Gasteiger partial charge in [-0.1, -0.05) is 26.5 Å². The van der Waals surface area contributed by atoms with Gasteiger partial charge in [-0.25, -0.2) is 0 Å². The maximum Gasteiger partial charge on any atom is 0.0301 e. The summed E-state index contributed by atoms with van der Waals surface area (Å²) in [6.07, 6.45) is 3.74. The van der Waals surface area contributed by atoms with Gasteiger partial charge in [-0.2, -0.15) is 0 Å². The molecule has 0 aromatic rings. The molecule has 0 spiro atoms. The maximum absolute atomic E-state index is 4.20. The van der Waals surface area contributed by atoms with E-state index < -0.39 is 0 Å². The molecule has 0 N–H and O–H groups in total. The van der Waals surface area contributed by atoms with Crippen molar-refractivity contribution in [2.75, 3.05) is 0 Å². The molecular formula is C10H17N. The van der Waals surface area contributed by atoms with Crippen molar-refractivity contribution in [3.8, 4) is 0 Å². The van der Waals surface area contributed by atoms with Gasteiger partial charge in [0, 0.05) is 11.9 Å². The van der Waals surface area contributed by atoms with Crippen LogP contribution in [0.25, 0.3) is 0 Å². The number of allylic oxidation sites excluding steroid dienone is 2. The fourth-order valence-electron chi connectivity index (χ4n) is 0.641. The monoisotopic (exact) mass is 151 g/mol. The van der Waals surface area contributed by atoms with Crippen LogP contribution in [0.5, 0.6) is 0 Å². The third-order valence-corrected chi connectivity index (χ3v) is 1.37. The van der Waals surface area contributed by atoms with Gasteiger partial charge in [0.2, 0.25) is 0 Å². The summed E-state index contributed by atoms with van der Waals surface area (Å²) in [6, 6.07) is 0. The Kier molecular flexibility index (Phi) is 4.51. The number of nitrogens with zero attached hydrogens (tertiary/aromatic N) is 1. The first-order valence-electron chi connectivity index (χ1n) is 3.91. The Balaban J connectivity index is 4.36. The zero-order chi connectivity index (χ0) is 8.85. The van der Waals surface area contributed by atoms with Crippen molar-refractivity contribution >= 4 is 5.71 Å². The minimum atomic E-state index is 0.510. The Morgan fingerprint density at radius 2 is 1.91 bits per heavy atom. The highest BCUT2D eigenvalue weighted by Crippen LogP contribution is 2.09. The molecule has 0 amide bonds. The third kappa shape index (κ3) is 4.54. The van der Waals surface area contributed by atoms with E-state index in [9.17, 15) is 0 Å². The zero-order valence-electron chi connectivity index (χ0n) is 7.89. The standard InChI is InChI=1S/C10H17N/c1-6-10(8(2)3)7-11-9(4)5/h6-8H,1H2,2-5H3. The van der Waals surface area contributed by atoms with Crippen molar-refractivity contribution in [3.05, 3.63) is 24.4 Å². The first-order chi connectivity index (χ1) is 5.07. The summed E-state index contributed by atoms with van der Waals surface area (Å²) in [5.74, 6) is 0.510. The second-order valence-corrected chi connectivity index (χ2v) is 3.06. The van der Waals surface area contributed by atoms with Crippen LogP contribution in [0.15, 0.2) is 29.4 Å². The first-order valence-corrected chi connectivity index (χ1v) is 3.91. The van der Waals surface area contributed by atoms with Gasteiger partial charge in [0.1, 0.15) is 0 Å². The Hall–Kier alpha value is -0.850. The lowest BCUT2D eigenvalue weighted by atomic mass is 10.1. The van der Waals surface area contributed by atoms with Crippen LogP contribution in [-0.2, 0) is 0 Å². The van der Waals surface area contributed by atoms with Crippen LogP contribution in [-0.4, -0.2) is 5.71 Å². The molecule has 0 radical (unpaired) electrons. The fraction of sp³-hybridized carbons (Fsp3) is 0.500. The van der Waals surface area contributed by atoms with Gasteiger partial charge in [0.15, 0.2) is 0 Å². The van der Waals surface area contributed by atoms with Gasteiger partial charge < -0.3 is 0 Å². The van der Waals surface area contributed by atoms with Crippen molar-refractivity contribution < 1.29 is 0 Å².